The molecule has 2 heterocycles. The Morgan fingerprint density at radius 3 is 3.00 bits per heavy atom. The lowest BCUT2D eigenvalue weighted by atomic mass is 10.4. The quantitative estimate of drug-likeness (QED) is 0.786. The summed E-state index contributed by atoms with van der Waals surface area (Å²) in [5, 5.41) is 6.24. The average Bonchev–Trinajstić information content (AvgIpc) is 2.74. The van der Waals surface area contributed by atoms with E-state index in [9.17, 15) is 0 Å². The Kier molecular flexibility index (Phi) is 2.27. The van der Waals surface area contributed by atoms with Gasteiger partial charge < -0.3 is 10.3 Å². The Hall–Kier alpha value is -1.36. The zero-order chi connectivity index (χ0) is 9.10. The van der Waals surface area contributed by atoms with Crippen LogP contribution in [-0.4, -0.2) is 15.0 Å². The molecule has 2 aromatic heterocycles. The molecule has 2 aromatic rings. The molecule has 0 amide bonds. The van der Waals surface area contributed by atoms with Gasteiger partial charge in [-0.05, 0) is 6.92 Å². The van der Waals surface area contributed by atoms with Crippen LogP contribution in [0.1, 0.15) is 18.0 Å². The van der Waals surface area contributed by atoms with Crippen LogP contribution in [0, 0.1) is 0 Å². The fourth-order valence-electron chi connectivity index (χ4n) is 1.06. The van der Waals surface area contributed by atoms with Crippen LogP contribution < -0.4 is 5.32 Å². The fraction of sp³-hybridized carbons (Fsp3) is 0.250. The van der Waals surface area contributed by atoms with E-state index in [1.807, 2.05) is 5.38 Å². The number of nitrogens with one attached hydrogen (secondary N) is 2. The van der Waals surface area contributed by atoms with E-state index in [0.29, 0.717) is 0 Å². The van der Waals surface area contributed by atoms with Crippen molar-refractivity contribution in [2.75, 3.05) is 5.32 Å². The van der Waals surface area contributed by atoms with Crippen molar-refractivity contribution < 1.29 is 0 Å². The highest BCUT2D eigenvalue weighted by Gasteiger charge is 2.07. The molecule has 0 aliphatic carbocycles. The monoisotopic (exact) mass is 194 g/mol. The number of aromatic amines is 1. The van der Waals surface area contributed by atoms with E-state index >= 15 is 0 Å². The van der Waals surface area contributed by atoms with E-state index in [4.69, 9.17) is 0 Å². The lowest BCUT2D eigenvalue weighted by Crippen LogP contribution is -2.07. The van der Waals surface area contributed by atoms with E-state index in [-0.39, 0.29) is 6.04 Å². The second-order valence-electron chi connectivity index (χ2n) is 2.67. The number of anilines is 1. The molecule has 1 unspecified atom stereocenters. The zero-order valence-corrected chi connectivity index (χ0v) is 8.01. The van der Waals surface area contributed by atoms with Crippen molar-refractivity contribution in [3.8, 4) is 0 Å². The van der Waals surface area contributed by atoms with Gasteiger partial charge in [-0.15, -0.1) is 11.3 Å². The standard InChI is InChI=1S/C8H10N4S/c1-6(7-9-4-5-13-7)12-8-10-2-3-11-8/h2-6H,1H3,(H2,10,11,12). The summed E-state index contributed by atoms with van der Waals surface area (Å²) in [6.45, 7) is 2.06. The topological polar surface area (TPSA) is 53.6 Å². The summed E-state index contributed by atoms with van der Waals surface area (Å²) in [6, 6.07) is 0.200. The van der Waals surface area contributed by atoms with E-state index in [1.165, 1.54) is 0 Å². The van der Waals surface area contributed by atoms with Gasteiger partial charge in [-0.25, -0.2) is 9.97 Å². The summed E-state index contributed by atoms with van der Waals surface area (Å²) in [4.78, 5) is 11.3. The highest BCUT2D eigenvalue weighted by molar-refractivity contribution is 7.09. The van der Waals surface area contributed by atoms with Gasteiger partial charge >= 0.3 is 0 Å². The maximum absolute atomic E-state index is 4.21. The van der Waals surface area contributed by atoms with Crippen molar-refractivity contribution in [2.45, 2.75) is 13.0 Å². The van der Waals surface area contributed by atoms with Crippen molar-refractivity contribution in [2.24, 2.45) is 0 Å². The number of H-pyrrole nitrogens is 1. The lowest BCUT2D eigenvalue weighted by Gasteiger charge is -2.08. The maximum Gasteiger partial charge on any atom is 0.200 e. The van der Waals surface area contributed by atoms with Gasteiger partial charge in [-0.1, -0.05) is 0 Å². The molecule has 2 N–H and O–H groups in total. The van der Waals surface area contributed by atoms with Gasteiger partial charge in [0.2, 0.25) is 5.95 Å². The molecule has 0 bridgehead atoms. The van der Waals surface area contributed by atoms with Crippen LogP contribution >= 0.6 is 11.3 Å². The molecule has 68 valence electrons. The molecule has 0 saturated heterocycles. The maximum atomic E-state index is 4.21. The Labute approximate surface area is 80.1 Å². The SMILES string of the molecule is CC(Nc1ncc[nH]1)c1nccs1. The second kappa shape index (κ2) is 3.57. The first-order chi connectivity index (χ1) is 6.36. The van der Waals surface area contributed by atoms with Crippen molar-refractivity contribution in [3.05, 3.63) is 29.0 Å². The largest absolute Gasteiger partial charge is 0.347 e. The van der Waals surface area contributed by atoms with Crippen LogP contribution in [0.3, 0.4) is 0 Å². The third kappa shape index (κ3) is 1.86. The second-order valence-corrected chi connectivity index (χ2v) is 3.60. The number of thiazole rings is 1. The Balaban J connectivity index is 2.04. The van der Waals surface area contributed by atoms with Gasteiger partial charge in [-0.3, -0.25) is 0 Å². The third-order valence-electron chi connectivity index (χ3n) is 1.67. The third-order valence-corrected chi connectivity index (χ3v) is 2.63. The van der Waals surface area contributed by atoms with Gasteiger partial charge in [0.15, 0.2) is 0 Å². The summed E-state index contributed by atoms with van der Waals surface area (Å²) in [6.07, 6.45) is 5.31. The summed E-state index contributed by atoms with van der Waals surface area (Å²) >= 11 is 1.64. The minimum atomic E-state index is 0.200. The number of rotatable bonds is 3. The van der Waals surface area contributed by atoms with Crippen molar-refractivity contribution >= 4 is 17.3 Å². The summed E-state index contributed by atoms with van der Waals surface area (Å²) in [5.74, 6) is 0.780. The lowest BCUT2D eigenvalue weighted by molar-refractivity contribution is 0.854. The first-order valence-electron chi connectivity index (χ1n) is 4.01. The van der Waals surface area contributed by atoms with E-state index in [2.05, 4.69) is 27.2 Å². The fourth-order valence-corrected chi connectivity index (χ4v) is 1.71. The average molecular weight is 194 g/mol. The molecule has 0 aliphatic heterocycles. The zero-order valence-electron chi connectivity index (χ0n) is 7.19. The highest BCUT2D eigenvalue weighted by Crippen LogP contribution is 2.18. The molecular formula is C8H10N4S. The molecule has 13 heavy (non-hydrogen) atoms. The normalized spacial score (nSPS) is 12.7. The Morgan fingerprint density at radius 1 is 1.46 bits per heavy atom. The van der Waals surface area contributed by atoms with Gasteiger partial charge in [-0.2, -0.15) is 0 Å². The molecule has 2 rings (SSSR count). The molecule has 0 radical (unpaired) electrons. The van der Waals surface area contributed by atoms with E-state index in [1.54, 1.807) is 29.9 Å². The summed E-state index contributed by atoms with van der Waals surface area (Å²) in [5.41, 5.74) is 0. The molecule has 5 heteroatoms. The molecular weight excluding hydrogens is 184 g/mol. The predicted molar refractivity (Wildman–Crippen MR) is 52.7 cm³/mol. The smallest absolute Gasteiger partial charge is 0.200 e. The Bertz CT molecular complexity index is 340. The van der Waals surface area contributed by atoms with Crippen molar-refractivity contribution in [1.82, 2.24) is 15.0 Å². The van der Waals surface area contributed by atoms with E-state index in [0.717, 1.165) is 11.0 Å². The number of hydrogen-bond acceptors (Lipinski definition) is 4. The van der Waals surface area contributed by atoms with Crippen LogP contribution in [0.25, 0.3) is 0 Å². The van der Waals surface area contributed by atoms with Crippen LogP contribution in [0.4, 0.5) is 5.95 Å². The number of aromatic nitrogens is 3. The minimum Gasteiger partial charge on any atom is -0.347 e. The van der Waals surface area contributed by atoms with Gasteiger partial charge in [0.05, 0.1) is 6.04 Å². The van der Waals surface area contributed by atoms with Gasteiger partial charge in [0.25, 0.3) is 0 Å². The van der Waals surface area contributed by atoms with Gasteiger partial charge in [0, 0.05) is 24.0 Å². The van der Waals surface area contributed by atoms with Crippen LogP contribution in [0.15, 0.2) is 24.0 Å². The summed E-state index contributed by atoms with van der Waals surface area (Å²) in [7, 11) is 0. The van der Waals surface area contributed by atoms with Crippen LogP contribution in [0.2, 0.25) is 0 Å². The number of hydrogen-bond donors (Lipinski definition) is 2. The summed E-state index contributed by atoms with van der Waals surface area (Å²) < 4.78 is 0. The van der Waals surface area contributed by atoms with Crippen LogP contribution in [0.5, 0.6) is 0 Å². The number of imidazole rings is 1. The molecule has 0 aliphatic rings. The molecule has 0 aromatic carbocycles. The predicted octanol–water partition coefficient (Wildman–Crippen LogP) is 2.04. The molecule has 0 saturated carbocycles. The first kappa shape index (κ1) is 8.25. The van der Waals surface area contributed by atoms with Crippen molar-refractivity contribution in [1.29, 1.82) is 0 Å². The van der Waals surface area contributed by atoms with Crippen LogP contribution in [-0.2, 0) is 0 Å². The van der Waals surface area contributed by atoms with Gasteiger partial charge in [0.1, 0.15) is 5.01 Å². The van der Waals surface area contributed by atoms with Crippen molar-refractivity contribution in [3.63, 3.8) is 0 Å². The molecule has 1 atom stereocenters. The molecule has 0 spiro atoms. The highest BCUT2D eigenvalue weighted by atomic mass is 32.1. The Morgan fingerprint density at radius 2 is 2.38 bits per heavy atom. The minimum absolute atomic E-state index is 0.200. The molecule has 0 fully saturated rings. The van der Waals surface area contributed by atoms with E-state index < -0.39 is 0 Å². The molecule has 4 nitrogen and oxygen atoms in total. The first-order valence-corrected chi connectivity index (χ1v) is 4.89. The number of nitrogens with zero attached hydrogens (tertiary/aromatic N) is 2.